The number of likely N-dealkylation sites (tertiary alicyclic amines) is 1. The fourth-order valence-electron chi connectivity index (χ4n) is 1.74. The lowest BCUT2D eigenvalue weighted by Crippen LogP contribution is -2.26. The van der Waals surface area contributed by atoms with E-state index in [9.17, 15) is 4.79 Å². The molecular weight excluding hydrogens is 178 g/mol. The zero-order chi connectivity index (χ0) is 10.4. The van der Waals surface area contributed by atoms with E-state index in [4.69, 9.17) is 4.74 Å². The molecule has 3 nitrogen and oxygen atoms in total. The molecule has 0 N–H and O–H groups in total. The van der Waals surface area contributed by atoms with E-state index in [2.05, 4.69) is 11.8 Å². The van der Waals surface area contributed by atoms with Crippen molar-refractivity contribution in [1.29, 1.82) is 0 Å². The van der Waals surface area contributed by atoms with E-state index in [0.29, 0.717) is 12.6 Å². The van der Waals surface area contributed by atoms with E-state index >= 15 is 0 Å². The smallest absolute Gasteiger partial charge is 0.330 e. The number of ether oxygens (including phenoxy) is 1. The predicted molar refractivity (Wildman–Crippen MR) is 56.0 cm³/mol. The average molecular weight is 197 g/mol. The van der Waals surface area contributed by atoms with Gasteiger partial charge < -0.3 is 4.74 Å². The van der Waals surface area contributed by atoms with Gasteiger partial charge in [0.25, 0.3) is 0 Å². The minimum Gasteiger partial charge on any atom is -0.463 e. The maximum absolute atomic E-state index is 11.0. The van der Waals surface area contributed by atoms with Gasteiger partial charge in [-0.15, -0.1) is 0 Å². The quantitative estimate of drug-likeness (QED) is 0.506. The number of carbonyl (C=O) groups excluding carboxylic acids is 1. The summed E-state index contributed by atoms with van der Waals surface area (Å²) in [6, 6.07) is 0.654. The van der Waals surface area contributed by atoms with E-state index in [1.54, 1.807) is 0 Å². The second kappa shape index (κ2) is 5.81. The van der Waals surface area contributed by atoms with Gasteiger partial charge in [-0.2, -0.15) is 0 Å². The van der Waals surface area contributed by atoms with Crippen molar-refractivity contribution < 1.29 is 9.53 Å². The SMILES string of the molecule is CCOC(=O)/C=C/CN1CCCC1C. The molecule has 1 aliphatic heterocycles. The fourth-order valence-corrected chi connectivity index (χ4v) is 1.74. The van der Waals surface area contributed by atoms with Crippen LogP contribution in [0.1, 0.15) is 26.7 Å². The van der Waals surface area contributed by atoms with E-state index in [1.165, 1.54) is 18.9 Å². The van der Waals surface area contributed by atoms with E-state index < -0.39 is 0 Å². The van der Waals surface area contributed by atoms with Crippen LogP contribution in [-0.2, 0) is 9.53 Å². The normalized spacial score (nSPS) is 23.1. The maximum atomic E-state index is 11.0. The van der Waals surface area contributed by atoms with Crippen molar-refractivity contribution in [3.05, 3.63) is 12.2 Å². The Bertz CT molecular complexity index is 213. The highest BCUT2D eigenvalue weighted by molar-refractivity contribution is 5.81. The molecule has 3 heteroatoms. The predicted octanol–water partition coefficient (Wildman–Crippen LogP) is 1.59. The highest BCUT2D eigenvalue weighted by atomic mass is 16.5. The van der Waals surface area contributed by atoms with E-state index in [0.717, 1.165) is 13.1 Å². The first-order valence-electron chi connectivity index (χ1n) is 5.31. The monoisotopic (exact) mass is 197 g/mol. The Balaban J connectivity index is 2.22. The number of nitrogens with zero attached hydrogens (tertiary/aromatic N) is 1. The Kier molecular flexibility index (Phi) is 4.66. The van der Waals surface area contributed by atoms with Crippen LogP contribution in [0.3, 0.4) is 0 Å². The van der Waals surface area contributed by atoms with Crippen molar-refractivity contribution in [2.45, 2.75) is 32.7 Å². The van der Waals surface area contributed by atoms with Crippen molar-refractivity contribution in [3.8, 4) is 0 Å². The van der Waals surface area contributed by atoms with Gasteiger partial charge in [0.1, 0.15) is 0 Å². The van der Waals surface area contributed by atoms with Gasteiger partial charge in [0.2, 0.25) is 0 Å². The van der Waals surface area contributed by atoms with Crippen LogP contribution in [0.4, 0.5) is 0 Å². The van der Waals surface area contributed by atoms with Crippen molar-refractivity contribution in [3.63, 3.8) is 0 Å². The molecule has 80 valence electrons. The molecule has 0 amide bonds. The highest BCUT2D eigenvalue weighted by Crippen LogP contribution is 2.15. The summed E-state index contributed by atoms with van der Waals surface area (Å²) < 4.78 is 4.79. The highest BCUT2D eigenvalue weighted by Gasteiger charge is 2.18. The van der Waals surface area contributed by atoms with Gasteiger partial charge in [0, 0.05) is 18.7 Å². The summed E-state index contributed by atoms with van der Waals surface area (Å²) in [5, 5.41) is 0. The summed E-state index contributed by atoms with van der Waals surface area (Å²) in [7, 11) is 0. The Morgan fingerprint density at radius 3 is 3.00 bits per heavy atom. The second-order valence-electron chi connectivity index (χ2n) is 3.64. The molecule has 0 aliphatic carbocycles. The van der Waals surface area contributed by atoms with Crippen LogP contribution in [0.15, 0.2) is 12.2 Å². The molecule has 1 rings (SSSR count). The van der Waals surface area contributed by atoms with Gasteiger partial charge in [0.15, 0.2) is 0 Å². The summed E-state index contributed by atoms with van der Waals surface area (Å²) in [4.78, 5) is 13.3. The molecule has 0 spiro atoms. The molecule has 0 saturated carbocycles. The topological polar surface area (TPSA) is 29.5 Å². The molecule has 0 aromatic heterocycles. The Hall–Kier alpha value is -0.830. The standard InChI is InChI=1S/C11H19NO2/c1-3-14-11(13)7-5-9-12-8-4-6-10(12)2/h5,7,10H,3-4,6,8-9H2,1-2H3/b7-5+. The zero-order valence-electron chi connectivity index (χ0n) is 9.03. The lowest BCUT2D eigenvalue weighted by atomic mass is 10.2. The summed E-state index contributed by atoms with van der Waals surface area (Å²) in [6.45, 7) is 6.50. The lowest BCUT2D eigenvalue weighted by molar-refractivity contribution is -0.137. The molecule has 1 saturated heterocycles. The average Bonchev–Trinajstić information content (AvgIpc) is 2.52. The van der Waals surface area contributed by atoms with E-state index in [-0.39, 0.29) is 5.97 Å². The number of hydrogen-bond acceptors (Lipinski definition) is 3. The number of esters is 1. The van der Waals surface area contributed by atoms with Gasteiger partial charge in [-0.3, -0.25) is 4.90 Å². The minimum atomic E-state index is -0.237. The third kappa shape index (κ3) is 3.50. The van der Waals surface area contributed by atoms with Crippen LogP contribution in [0.25, 0.3) is 0 Å². The largest absolute Gasteiger partial charge is 0.463 e. The molecule has 14 heavy (non-hydrogen) atoms. The first kappa shape index (κ1) is 11.2. The van der Waals surface area contributed by atoms with Gasteiger partial charge in [-0.05, 0) is 33.2 Å². The molecule has 1 heterocycles. The lowest BCUT2D eigenvalue weighted by Gasteiger charge is -2.18. The van der Waals surface area contributed by atoms with Crippen LogP contribution in [-0.4, -0.2) is 36.6 Å². The molecule has 1 fully saturated rings. The van der Waals surface area contributed by atoms with Gasteiger partial charge in [-0.1, -0.05) is 6.08 Å². The maximum Gasteiger partial charge on any atom is 0.330 e. The van der Waals surface area contributed by atoms with Crippen LogP contribution < -0.4 is 0 Å². The molecule has 1 aliphatic rings. The first-order chi connectivity index (χ1) is 6.74. The van der Waals surface area contributed by atoms with Crippen molar-refractivity contribution in [2.75, 3.05) is 19.7 Å². The van der Waals surface area contributed by atoms with Gasteiger partial charge in [-0.25, -0.2) is 4.79 Å². The molecule has 0 bridgehead atoms. The van der Waals surface area contributed by atoms with Gasteiger partial charge >= 0.3 is 5.97 Å². The number of rotatable bonds is 4. The number of carbonyl (C=O) groups is 1. The fraction of sp³-hybridized carbons (Fsp3) is 0.727. The summed E-state index contributed by atoms with van der Waals surface area (Å²) in [6.07, 6.45) is 5.95. The Morgan fingerprint density at radius 2 is 2.43 bits per heavy atom. The van der Waals surface area contributed by atoms with Crippen LogP contribution in [0.5, 0.6) is 0 Å². The zero-order valence-corrected chi connectivity index (χ0v) is 9.03. The summed E-state index contributed by atoms with van der Waals surface area (Å²) >= 11 is 0. The van der Waals surface area contributed by atoms with Crippen molar-refractivity contribution in [1.82, 2.24) is 4.90 Å². The third-order valence-corrected chi connectivity index (χ3v) is 2.57. The molecule has 0 aromatic rings. The summed E-state index contributed by atoms with van der Waals surface area (Å²) in [5.41, 5.74) is 0. The Morgan fingerprint density at radius 1 is 1.64 bits per heavy atom. The molecular formula is C11H19NO2. The number of hydrogen-bond donors (Lipinski definition) is 0. The third-order valence-electron chi connectivity index (χ3n) is 2.57. The first-order valence-corrected chi connectivity index (χ1v) is 5.31. The second-order valence-corrected chi connectivity index (χ2v) is 3.64. The van der Waals surface area contributed by atoms with Crippen LogP contribution in [0.2, 0.25) is 0 Å². The Labute approximate surface area is 85.7 Å². The van der Waals surface area contributed by atoms with Crippen LogP contribution in [0, 0.1) is 0 Å². The summed E-state index contributed by atoms with van der Waals surface area (Å²) in [5.74, 6) is -0.237. The molecule has 1 unspecified atom stereocenters. The van der Waals surface area contributed by atoms with E-state index in [1.807, 2.05) is 13.0 Å². The molecule has 0 aromatic carbocycles. The van der Waals surface area contributed by atoms with Crippen molar-refractivity contribution in [2.24, 2.45) is 0 Å². The van der Waals surface area contributed by atoms with Gasteiger partial charge in [0.05, 0.1) is 6.61 Å². The molecule has 0 radical (unpaired) electrons. The minimum absolute atomic E-state index is 0.237. The van der Waals surface area contributed by atoms with Crippen molar-refractivity contribution >= 4 is 5.97 Å². The van der Waals surface area contributed by atoms with Crippen LogP contribution >= 0.6 is 0 Å². The molecule has 1 atom stereocenters.